The van der Waals surface area contributed by atoms with E-state index >= 15 is 0 Å². The summed E-state index contributed by atoms with van der Waals surface area (Å²) >= 11 is 0. The van der Waals surface area contributed by atoms with Crippen molar-refractivity contribution in [2.45, 2.75) is 40.3 Å². The molecule has 0 fully saturated rings. The minimum atomic E-state index is -0.00444. The van der Waals surface area contributed by atoms with Gasteiger partial charge in [0.05, 0.1) is 5.69 Å². The van der Waals surface area contributed by atoms with Crippen LogP contribution >= 0.6 is 0 Å². The van der Waals surface area contributed by atoms with Crippen LogP contribution in [0.15, 0.2) is 6.20 Å². The second-order valence-electron chi connectivity index (χ2n) is 4.18. The zero-order valence-corrected chi connectivity index (χ0v) is 10.4. The van der Waals surface area contributed by atoms with E-state index < -0.39 is 0 Å². The maximum absolute atomic E-state index is 10.8. The first-order valence-electron chi connectivity index (χ1n) is 5.53. The van der Waals surface area contributed by atoms with Gasteiger partial charge >= 0.3 is 0 Å². The van der Waals surface area contributed by atoms with Crippen LogP contribution in [0, 0.1) is 6.92 Å². The molecule has 1 aromatic heterocycles. The van der Waals surface area contributed by atoms with E-state index in [1.807, 2.05) is 17.7 Å². The van der Waals surface area contributed by atoms with Crippen molar-refractivity contribution in [1.29, 1.82) is 0 Å². The second-order valence-corrected chi connectivity index (χ2v) is 4.18. The van der Waals surface area contributed by atoms with E-state index in [0.717, 1.165) is 18.2 Å². The molecule has 1 heterocycles. The molecule has 0 bridgehead atoms. The van der Waals surface area contributed by atoms with Crippen LogP contribution in [0.4, 0.5) is 5.95 Å². The number of nitrogens with zero attached hydrogens (tertiary/aromatic N) is 2. The number of aryl methyl sites for hydroxylation is 1. The number of rotatable bonds is 5. The van der Waals surface area contributed by atoms with E-state index in [0.29, 0.717) is 12.6 Å². The van der Waals surface area contributed by atoms with Crippen LogP contribution in [0.25, 0.3) is 0 Å². The highest BCUT2D eigenvalue weighted by atomic mass is 16.1. The topological polar surface area (TPSA) is 59.0 Å². The lowest BCUT2D eigenvalue weighted by atomic mass is 10.4. The molecule has 1 aromatic rings. The maximum atomic E-state index is 10.8. The van der Waals surface area contributed by atoms with Crippen LogP contribution in [0.5, 0.6) is 0 Å². The number of anilines is 1. The molecule has 0 aromatic carbocycles. The van der Waals surface area contributed by atoms with Gasteiger partial charge in [0, 0.05) is 32.3 Å². The molecule has 5 nitrogen and oxygen atoms in total. The van der Waals surface area contributed by atoms with Gasteiger partial charge in [-0.3, -0.25) is 4.79 Å². The normalized spacial score (nSPS) is 10.6. The van der Waals surface area contributed by atoms with Crippen LogP contribution < -0.4 is 10.6 Å². The molecule has 0 aliphatic carbocycles. The number of imidazole rings is 1. The number of aromatic nitrogens is 2. The second kappa shape index (κ2) is 5.53. The minimum Gasteiger partial charge on any atom is -0.355 e. The first-order chi connectivity index (χ1) is 7.49. The fourth-order valence-corrected chi connectivity index (χ4v) is 1.44. The molecule has 0 spiro atoms. The lowest BCUT2D eigenvalue weighted by Gasteiger charge is -2.12. The lowest BCUT2D eigenvalue weighted by Crippen LogP contribution is -2.25. The van der Waals surface area contributed by atoms with Gasteiger partial charge in [-0.15, -0.1) is 0 Å². The molecule has 90 valence electrons. The first-order valence-corrected chi connectivity index (χ1v) is 5.53. The van der Waals surface area contributed by atoms with E-state index in [2.05, 4.69) is 29.5 Å². The largest absolute Gasteiger partial charge is 0.355 e. The molecule has 5 heteroatoms. The van der Waals surface area contributed by atoms with Crippen molar-refractivity contribution in [3.63, 3.8) is 0 Å². The molecule has 1 amide bonds. The number of carbonyl (C=O) groups is 1. The average molecular weight is 224 g/mol. The van der Waals surface area contributed by atoms with Gasteiger partial charge in [0.1, 0.15) is 0 Å². The summed E-state index contributed by atoms with van der Waals surface area (Å²) in [6.45, 7) is 8.98. The Balaban J connectivity index is 2.59. The van der Waals surface area contributed by atoms with Gasteiger partial charge in [-0.25, -0.2) is 4.98 Å². The Morgan fingerprint density at radius 3 is 2.81 bits per heavy atom. The van der Waals surface area contributed by atoms with Gasteiger partial charge in [0.2, 0.25) is 11.9 Å². The van der Waals surface area contributed by atoms with Crippen molar-refractivity contribution in [3.8, 4) is 0 Å². The van der Waals surface area contributed by atoms with Gasteiger partial charge in [-0.1, -0.05) is 0 Å². The molecule has 0 aliphatic rings. The van der Waals surface area contributed by atoms with Gasteiger partial charge in [0.25, 0.3) is 0 Å². The zero-order valence-electron chi connectivity index (χ0n) is 10.4. The summed E-state index contributed by atoms with van der Waals surface area (Å²) in [6.07, 6.45) is 1.98. The molecule has 1 rings (SSSR count). The van der Waals surface area contributed by atoms with Crippen LogP contribution in [0.3, 0.4) is 0 Å². The monoisotopic (exact) mass is 224 g/mol. The van der Waals surface area contributed by atoms with Gasteiger partial charge in [0.15, 0.2) is 0 Å². The number of carbonyl (C=O) groups excluding carboxylic acids is 1. The third-order valence-electron chi connectivity index (χ3n) is 2.04. The first kappa shape index (κ1) is 12.5. The zero-order chi connectivity index (χ0) is 12.1. The molecule has 0 saturated carbocycles. The quantitative estimate of drug-likeness (QED) is 0.788. The van der Waals surface area contributed by atoms with Gasteiger partial charge in [-0.05, 0) is 20.8 Å². The van der Waals surface area contributed by atoms with Crippen LogP contribution in [0.1, 0.15) is 26.5 Å². The van der Waals surface area contributed by atoms with Crippen LogP contribution in [-0.4, -0.2) is 28.0 Å². The smallest absolute Gasteiger partial charge is 0.216 e. The Morgan fingerprint density at radius 1 is 1.56 bits per heavy atom. The number of nitrogens with one attached hydrogen (secondary N) is 2. The third kappa shape index (κ3) is 3.92. The van der Waals surface area contributed by atoms with Crippen molar-refractivity contribution in [2.24, 2.45) is 0 Å². The van der Waals surface area contributed by atoms with E-state index in [1.165, 1.54) is 6.92 Å². The standard InChI is InChI=1S/C11H20N4O/c1-8(2)13-11-14-9(3)7-15(11)6-5-12-10(4)16/h7-8H,5-6H2,1-4H3,(H,12,16)(H,13,14). The fraction of sp³-hybridized carbons (Fsp3) is 0.636. The predicted molar refractivity (Wildman–Crippen MR) is 64.4 cm³/mol. The molecular formula is C11H20N4O. The summed E-state index contributed by atoms with van der Waals surface area (Å²) < 4.78 is 2.02. The molecule has 16 heavy (non-hydrogen) atoms. The third-order valence-corrected chi connectivity index (χ3v) is 2.04. The highest BCUT2D eigenvalue weighted by Gasteiger charge is 2.06. The number of hydrogen-bond acceptors (Lipinski definition) is 3. The fourth-order valence-electron chi connectivity index (χ4n) is 1.44. The molecule has 2 N–H and O–H groups in total. The Bertz CT molecular complexity index is 357. The van der Waals surface area contributed by atoms with E-state index in [1.54, 1.807) is 0 Å². The average Bonchev–Trinajstić information content (AvgIpc) is 2.44. The molecule has 0 saturated heterocycles. The summed E-state index contributed by atoms with van der Waals surface area (Å²) in [5.41, 5.74) is 0.978. The molecule has 0 atom stereocenters. The van der Waals surface area contributed by atoms with Crippen molar-refractivity contribution in [3.05, 3.63) is 11.9 Å². The molecular weight excluding hydrogens is 204 g/mol. The lowest BCUT2D eigenvalue weighted by molar-refractivity contribution is -0.118. The Labute approximate surface area is 96.3 Å². The van der Waals surface area contributed by atoms with E-state index in [-0.39, 0.29) is 5.91 Å². The van der Waals surface area contributed by atoms with Crippen molar-refractivity contribution >= 4 is 11.9 Å². The summed E-state index contributed by atoms with van der Waals surface area (Å²) in [5, 5.41) is 6.04. The van der Waals surface area contributed by atoms with Crippen molar-refractivity contribution in [2.75, 3.05) is 11.9 Å². The van der Waals surface area contributed by atoms with Crippen LogP contribution in [-0.2, 0) is 11.3 Å². The van der Waals surface area contributed by atoms with E-state index in [4.69, 9.17) is 0 Å². The van der Waals surface area contributed by atoms with Gasteiger partial charge < -0.3 is 15.2 Å². The molecule has 0 unspecified atom stereocenters. The molecule has 0 radical (unpaired) electrons. The Kier molecular flexibility index (Phi) is 4.34. The van der Waals surface area contributed by atoms with Gasteiger partial charge in [-0.2, -0.15) is 0 Å². The highest BCUT2D eigenvalue weighted by molar-refractivity contribution is 5.72. The summed E-state index contributed by atoms with van der Waals surface area (Å²) in [4.78, 5) is 15.1. The van der Waals surface area contributed by atoms with E-state index in [9.17, 15) is 4.79 Å². The van der Waals surface area contributed by atoms with Crippen LogP contribution in [0.2, 0.25) is 0 Å². The number of amides is 1. The van der Waals surface area contributed by atoms with Crippen molar-refractivity contribution in [1.82, 2.24) is 14.9 Å². The summed E-state index contributed by atoms with van der Waals surface area (Å²) in [5.74, 6) is 0.855. The summed E-state index contributed by atoms with van der Waals surface area (Å²) in [7, 11) is 0. The summed E-state index contributed by atoms with van der Waals surface area (Å²) in [6, 6.07) is 0.348. The molecule has 0 aliphatic heterocycles. The maximum Gasteiger partial charge on any atom is 0.216 e. The minimum absolute atomic E-state index is 0.00444. The number of hydrogen-bond donors (Lipinski definition) is 2. The predicted octanol–water partition coefficient (Wildman–Crippen LogP) is 1.15. The van der Waals surface area contributed by atoms with Crippen molar-refractivity contribution < 1.29 is 4.79 Å². The SMILES string of the molecule is CC(=O)NCCn1cc(C)nc1NC(C)C. The Hall–Kier alpha value is -1.52. The highest BCUT2D eigenvalue weighted by Crippen LogP contribution is 2.09. The Morgan fingerprint density at radius 2 is 2.25 bits per heavy atom.